The zero-order valence-electron chi connectivity index (χ0n) is 21.6. The summed E-state index contributed by atoms with van der Waals surface area (Å²) in [5.74, 6) is -2.02. The van der Waals surface area contributed by atoms with Crippen molar-refractivity contribution < 1.29 is 33.4 Å². The minimum atomic E-state index is -0.989. The lowest BCUT2D eigenvalue weighted by Crippen LogP contribution is -2.31. The first-order chi connectivity index (χ1) is 18.6. The number of aliphatic hydroxyl groups excluding tert-OH is 1. The van der Waals surface area contributed by atoms with Crippen molar-refractivity contribution in [1.82, 2.24) is 0 Å². The van der Waals surface area contributed by atoms with Crippen LogP contribution in [0, 0.1) is 13.8 Å². The van der Waals surface area contributed by atoms with E-state index in [0.29, 0.717) is 38.7 Å². The molecule has 1 aliphatic rings. The summed E-state index contributed by atoms with van der Waals surface area (Å²) in [6, 6.07) is 15.5. The number of carbonyl (C=O) groups is 3. The van der Waals surface area contributed by atoms with Crippen LogP contribution in [-0.4, -0.2) is 29.9 Å². The Balaban J connectivity index is 1.65. The van der Waals surface area contributed by atoms with E-state index in [1.54, 1.807) is 42.5 Å². The first-order valence-corrected chi connectivity index (χ1v) is 12.4. The number of fused-ring (bicyclic) bond motifs is 1. The van der Waals surface area contributed by atoms with Gasteiger partial charge in [0.25, 0.3) is 5.91 Å². The average molecular weight is 546 g/mol. The number of aryl methyl sites for hydroxylation is 2. The lowest BCUT2D eigenvalue weighted by molar-refractivity contribution is -0.131. The van der Waals surface area contributed by atoms with E-state index in [2.05, 4.69) is 0 Å². The molecule has 39 heavy (non-hydrogen) atoms. The third-order valence-electron chi connectivity index (χ3n) is 6.67. The number of aliphatic hydroxyl groups is 1. The number of carbonyl (C=O) groups excluding carboxylic acids is 3. The number of amides is 1. The zero-order chi connectivity index (χ0) is 28.0. The average Bonchev–Trinajstić information content (AvgIpc) is 3.44. The molecule has 0 saturated carbocycles. The van der Waals surface area contributed by atoms with Crippen LogP contribution in [-0.2, 0) is 9.59 Å². The van der Waals surface area contributed by atoms with Gasteiger partial charge in [0.15, 0.2) is 22.9 Å². The fourth-order valence-corrected chi connectivity index (χ4v) is 4.88. The van der Waals surface area contributed by atoms with Crippen LogP contribution in [0.1, 0.15) is 40.2 Å². The second kappa shape index (κ2) is 9.96. The van der Waals surface area contributed by atoms with E-state index in [0.717, 1.165) is 11.1 Å². The number of ketones is 1. The standard InChI is InChI=1S/C30H24ClNO7/c1-15-5-8-21(11-16(15)2)32-26(18-6-9-22(10-7-18)38-17(3)33)25(28(35)30(32)36)27(34)23-13-19-12-20(31)14-24(37-4)29(19)39-23/h5-14,26,35H,1-4H3. The molecule has 9 heteroatoms. The largest absolute Gasteiger partial charge is 0.503 e. The Labute approximate surface area is 229 Å². The summed E-state index contributed by atoms with van der Waals surface area (Å²) < 4.78 is 16.3. The number of ether oxygens (including phenoxy) is 2. The van der Waals surface area contributed by atoms with Crippen LogP contribution in [0.4, 0.5) is 5.69 Å². The van der Waals surface area contributed by atoms with Crippen molar-refractivity contribution in [3.05, 3.63) is 99.5 Å². The van der Waals surface area contributed by atoms with Crippen LogP contribution in [0.25, 0.3) is 11.0 Å². The van der Waals surface area contributed by atoms with Crippen LogP contribution in [0.3, 0.4) is 0 Å². The third kappa shape index (κ3) is 4.64. The highest BCUT2D eigenvalue weighted by molar-refractivity contribution is 6.31. The summed E-state index contributed by atoms with van der Waals surface area (Å²) >= 11 is 6.18. The SMILES string of the molecule is COc1cc(Cl)cc2cc(C(=O)C3=C(O)C(=O)N(c4ccc(C)c(C)c4)C3c3ccc(OC(C)=O)cc3)oc12. The maximum absolute atomic E-state index is 13.9. The highest BCUT2D eigenvalue weighted by Gasteiger charge is 2.45. The molecule has 0 saturated heterocycles. The Bertz CT molecular complexity index is 1680. The molecule has 3 aromatic carbocycles. The van der Waals surface area contributed by atoms with Crippen molar-refractivity contribution in [2.75, 3.05) is 12.0 Å². The predicted octanol–water partition coefficient (Wildman–Crippen LogP) is 6.42. The number of methoxy groups -OCH3 is 1. The fourth-order valence-electron chi connectivity index (χ4n) is 4.66. The molecular formula is C30H24ClNO7. The molecule has 0 radical (unpaired) electrons. The smallest absolute Gasteiger partial charge is 0.308 e. The molecule has 1 aliphatic heterocycles. The third-order valence-corrected chi connectivity index (χ3v) is 6.89. The Hall–Kier alpha value is -4.56. The van der Waals surface area contributed by atoms with E-state index in [1.165, 1.54) is 25.0 Å². The number of anilines is 1. The van der Waals surface area contributed by atoms with E-state index in [1.807, 2.05) is 26.0 Å². The Morgan fingerprint density at radius 1 is 1.00 bits per heavy atom. The van der Waals surface area contributed by atoms with Crippen molar-refractivity contribution in [1.29, 1.82) is 0 Å². The lowest BCUT2D eigenvalue weighted by atomic mass is 9.94. The molecule has 0 spiro atoms. The van der Waals surface area contributed by atoms with Gasteiger partial charge < -0.3 is 19.0 Å². The molecular weight excluding hydrogens is 522 g/mol. The fraction of sp³-hybridized carbons (Fsp3) is 0.167. The molecule has 1 unspecified atom stereocenters. The van der Waals surface area contributed by atoms with Crippen molar-refractivity contribution in [3.8, 4) is 11.5 Å². The Morgan fingerprint density at radius 3 is 2.36 bits per heavy atom. The number of benzene rings is 3. The monoisotopic (exact) mass is 545 g/mol. The van der Waals surface area contributed by atoms with Gasteiger partial charge in [-0.2, -0.15) is 0 Å². The van der Waals surface area contributed by atoms with Crippen LogP contribution >= 0.6 is 11.6 Å². The minimum absolute atomic E-state index is 0.0941. The number of furan rings is 1. The Morgan fingerprint density at radius 2 is 1.72 bits per heavy atom. The second-order valence-corrected chi connectivity index (χ2v) is 9.67. The lowest BCUT2D eigenvalue weighted by Gasteiger charge is -2.27. The van der Waals surface area contributed by atoms with E-state index >= 15 is 0 Å². The quantitative estimate of drug-likeness (QED) is 0.169. The summed E-state index contributed by atoms with van der Waals surface area (Å²) in [6.07, 6.45) is 0. The van der Waals surface area contributed by atoms with Crippen molar-refractivity contribution in [3.63, 3.8) is 0 Å². The van der Waals surface area contributed by atoms with Gasteiger partial charge >= 0.3 is 5.97 Å². The molecule has 1 amide bonds. The van der Waals surface area contributed by atoms with Gasteiger partial charge in [-0.1, -0.05) is 29.8 Å². The van der Waals surface area contributed by atoms with Gasteiger partial charge in [0, 0.05) is 29.1 Å². The molecule has 1 N–H and O–H groups in total. The number of rotatable bonds is 6. The van der Waals surface area contributed by atoms with Crippen LogP contribution in [0.5, 0.6) is 11.5 Å². The van der Waals surface area contributed by atoms with Crippen molar-refractivity contribution in [2.24, 2.45) is 0 Å². The van der Waals surface area contributed by atoms with Gasteiger partial charge in [-0.05, 0) is 66.9 Å². The number of esters is 1. The highest BCUT2D eigenvalue weighted by atomic mass is 35.5. The minimum Gasteiger partial charge on any atom is -0.503 e. The number of nitrogens with zero attached hydrogens (tertiary/aromatic N) is 1. The van der Waals surface area contributed by atoms with Gasteiger partial charge in [0.05, 0.1) is 18.7 Å². The summed E-state index contributed by atoms with van der Waals surface area (Å²) in [4.78, 5) is 40.2. The summed E-state index contributed by atoms with van der Waals surface area (Å²) in [6.45, 7) is 5.15. The molecule has 5 rings (SSSR count). The van der Waals surface area contributed by atoms with Gasteiger partial charge in [0.1, 0.15) is 5.75 Å². The molecule has 198 valence electrons. The van der Waals surface area contributed by atoms with Gasteiger partial charge in [0.2, 0.25) is 5.78 Å². The summed E-state index contributed by atoms with van der Waals surface area (Å²) in [5.41, 5.74) is 3.14. The normalized spacial score (nSPS) is 15.3. The van der Waals surface area contributed by atoms with E-state index in [4.69, 9.17) is 25.5 Å². The predicted molar refractivity (Wildman–Crippen MR) is 146 cm³/mol. The first-order valence-electron chi connectivity index (χ1n) is 12.0. The second-order valence-electron chi connectivity index (χ2n) is 9.24. The molecule has 8 nitrogen and oxygen atoms in total. The van der Waals surface area contributed by atoms with Gasteiger partial charge in [-0.15, -0.1) is 0 Å². The molecule has 2 heterocycles. The van der Waals surface area contributed by atoms with Crippen LogP contribution in [0.2, 0.25) is 5.02 Å². The number of halogens is 1. The first kappa shape index (κ1) is 26.1. The number of Topliss-reactive ketones (excluding diaryl/α,β-unsaturated/α-hetero) is 1. The maximum Gasteiger partial charge on any atom is 0.308 e. The number of hydrogen-bond acceptors (Lipinski definition) is 7. The zero-order valence-corrected chi connectivity index (χ0v) is 22.3. The van der Waals surface area contributed by atoms with Crippen molar-refractivity contribution >= 4 is 45.9 Å². The van der Waals surface area contributed by atoms with Gasteiger partial charge in [-0.25, -0.2) is 0 Å². The Kier molecular flexibility index (Phi) is 6.66. The van der Waals surface area contributed by atoms with Crippen LogP contribution < -0.4 is 14.4 Å². The topological polar surface area (TPSA) is 106 Å². The molecule has 4 aromatic rings. The van der Waals surface area contributed by atoms with E-state index in [9.17, 15) is 19.5 Å². The molecule has 0 aliphatic carbocycles. The number of hydrogen-bond donors (Lipinski definition) is 1. The molecule has 0 fully saturated rings. The van der Waals surface area contributed by atoms with E-state index < -0.39 is 29.5 Å². The summed E-state index contributed by atoms with van der Waals surface area (Å²) in [7, 11) is 1.45. The molecule has 0 bridgehead atoms. The van der Waals surface area contributed by atoms with Crippen molar-refractivity contribution in [2.45, 2.75) is 26.8 Å². The molecule has 1 aromatic heterocycles. The summed E-state index contributed by atoms with van der Waals surface area (Å²) in [5, 5.41) is 12.0. The van der Waals surface area contributed by atoms with Gasteiger partial charge in [-0.3, -0.25) is 19.3 Å². The maximum atomic E-state index is 13.9. The molecule has 1 atom stereocenters. The highest BCUT2D eigenvalue weighted by Crippen LogP contribution is 2.43. The van der Waals surface area contributed by atoms with E-state index in [-0.39, 0.29) is 11.3 Å². The van der Waals surface area contributed by atoms with Crippen LogP contribution in [0.15, 0.2) is 76.4 Å².